The van der Waals surface area contributed by atoms with Gasteiger partial charge >= 0.3 is 0 Å². The molecule has 100 valence electrons. The molecule has 0 spiro atoms. The van der Waals surface area contributed by atoms with Crippen LogP contribution in [-0.4, -0.2) is 30.6 Å². The average molecular weight is 269 g/mol. The van der Waals surface area contributed by atoms with Crippen LogP contribution in [0.4, 0.5) is 0 Å². The SMILES string of the molecule is CCC(O)c1ccc2c(c1)CN(S(C)(=O)=O)CC2. The highest BCUT2D eigenvalue weighted by Crippen LogP contribution is 2.25. The number of sulfonamides is 1. The van der Waals surface area contributed by atoms with Crippen LogP contribution in [0.25, 0.3) is 0 Å². The number of aliphatic hydroxyl groups is 1. The molecule has 1 heterocycles. The predicted molar refractivity (Wildman–Crippen MR) is 70.7 cm³/mol. The summed E-state index contributed by atoms with van der Waals surface area (Å²) in [6.07, 6.45) is 2.17. The lowest BCUT2D eigenvalue weighted by molar-refractivity contribution is 0.173. The molecule has 1 aliphatic heterocycles. The molecule has 0 saturated heterocycles. The second-order valence-corrected chi connectivity index (χ2v) is 6.78. The molecule has 5 heteroatoms. The van der Waals surface area contributed by atoms with Gasteiger partial charge in [0.25, 0.3) is 0 Å². The Morgan fingerprint density at radius 3 is 2.72 bits per heavy atom. The molecule has 4 nitrogen and oxygen atoms in total. The maximum Gasteiger partial charge on any atom is 0.211 e. The van der Waals surface area contributed by atoms with Crippen LogP contribution in [0.1, 0.15) is 36.1 Å². The first-order valence-corrected chi connectivity index (χ1v) is 8.01. The monoisotopic (exact) mass is 269 g/mol. The fraction of sp³-hybridized carbons (Fsp3) is 0.538. The van der Waals surface area contributed by atoms with Crippen LogP contribution in [-0.2, 0) is 23.0 Å². The summed E-state index contributed by atoms with van der Waals surface area (Å²) >= 11 is 0. The molecule has 1 N–H and O–H groups in total. The smallest absolute Gasteiger partial charge is 0.211 e. The molecular formula is C13H19NO3S. The Morgan fingerprint density at radius 1 is 1.39 bits per heavy atom. The van der Waals surface area contributed by atoms with Crippen molar-refractivity contribution in [2.75, 3.05) is 12.8 Å². The van der Waals surface area contributed by atoms with Gasteiger partial charge in [-0.15, -0.1) is 0 Å². The van der Waals surface area contributed by atoms with Crippen LogP contribution in [0.5, 0.6) is 0 Å². The van der Waals surface area contributed by atoms with Gasteiger partial charge in [-0.05, 0) is 29.5 Å². The molecule has 0 aromatic heterocycles. The highest BCUT2D eigenvalue weighted by Gasteiger charge is 2.23. The Bertz CT molecular complexity index is 539. The van der Waals surface area contributed by atoms with E-state index >= 15 is 0 Å². The van der Waals surface area contributed by atoms with E-state index in [-0.39, 0.29) is 0 Å². The first kappa shape index (κ1) is 13.5. The molecule has 0 aliphatic carbocycles. The zero-order valence-electron chi connectivity index (χ0n) is 10.8. The van der Waals surface area contributed by atoms with E-state index in [9.17, 15) is 13.5 Å². The van der Waals surface area contributed by atoms with Gasteiger partial charge in [0.05, 0.1) is 12.4 Å². The Balaban J connectivity index is 2.30. The van der Waals surface area contributed by atoms with Crippen molar-refractivity contribution in [1.82, 2.24) is 4.31 Å². The Labute approximate surface area is 108 Å². The van der Waals surface area contributed by atoms with E-state index in [1.54, 1.807) is 0 Å². The van der Waals surface area contributed by atoms with E-state index < -0.39 is 16.1 Å². The van der Waals surface area contributed by atoms with Crippen LogP contribution < -0.4 is 0 Å². The summed E-state index contributed by atoms with van der Waals surface area (Å²) in [5.74, 6) is 0. The van der Waals surface area contributed by atoms with E-state index in [0.717, 1.165) is 17.5 Å². The summed E-state index contributed by atoms with van der Waals surface area (Å²) in [5.41, 5.74) is 3.06. The Hall–Kier alpha value is -0.910. The van der Waals surface area contributed by atoms with E-state index in [4.69, 9.17) is 0 Å². The quantitative estimate of drug-likeness (QED) is 0.903. The number of hydrogen-bond donors (Lipinski definition) is 1. The van der Waals surface area contributed by atoms with Crippen molar-refractivity contribution < 1.29 is 13.5 Å². The van der Waals surface area contributed by atoms with Gasteiger partial charge in [0, 0.05) is 13.1 Å². The molecule has 18 heavy (non-hydrogen) atoms. The molecule has 0 amide bonds. The minimum Gasteiger partial charge on any atom is -0.388 e. The van der Waals surface area contributed by atoms with Crippen LogP contribution >= 0.6 is 0 Å². The van der Waals surface area contributed by atoms with Gasteiger partial charge in [-0.2, -0.15) is 4.31 Å². The second-order valence-electron chi connectivity index (χ2n) is 4.80. The first-order chi connectivity index (χ1) is 8.41. The third kappa shape index (κ3) is 2.74. The fourth-order valence-electron chi connectivity index (χ4n) is 2.28. The summed E-state index contributed by atoms with van der Waals surface area (Å²) in [6, 6.07) is 5.87. The maximum absolute atomic E-state index is 11.5. The second kappa shape index (κ2) is 4.99. The lowest BCUT2D eigenvalue weighted by atomic mass is 9.96. The van der Waals surface area contributed by atoms with Crippen molar-refractivity contribution in [2.24, 2.45) is 0 Å². The zero-order chi connectivity index (χ0) is 13.3. The molecule has 0 saturated carbocycles. The average Bonchev–Trinajstić information content (AvgIpc) is 2.35. The molecule has 0 radical (unpaired) electrons. The number of hydrogen-bond acceptors (Lipinski definition) is 3. The molecule has 1 aliphatic rings. The lowest BCUT2D eigenvalue weighted by Crippen LogP contribution is -2.35. The summed E-state index contributed by atoms with van der Waals surface area (Å²) in [4.78, 5) is 0. The lowest BCUT2D eigenvalue weighted by Gasteiger charge is -2.27. The molecule has 1 atom stereocenters. The molecule has 1 unspecified atom stereocenters. The van der Waals surface area contributed by atoms with Crippen molar-refractivity contribution in [1.29, 1.82) is 0 Å². The standard InChI is InChI=1S/C13H19NO3S/c1-3-13(15)11-5-4-10-6-7-14(18(2,16)17)9-12(10)8-11/h4-5,8,13,15H,3,6-7,9H2,1-2H3. The maximum atomic E-state index is 11.5. The minimum atomic E-state index is -3.14. The summed E-state index contributed by atoms with van der Waals surface area (Å²) in [6.45, 7) is 2.88. The van der Waals surface area contributed by atoms with Crippen LogP contribution in [0.2, 0.25) is 0 Å². The van der Waals surface area contributed by atoms with Crippen LogP contribution in [0.15, 0.2) is 18.2 Å². The summed E-state index contributed by atoms with van der Waals surface area (Å²) in [7, 11) is -3.14. The number of fused-ring (bicyclic) bond motifs is 1. The van der Waals surface area contributed by atoms with Crippen molar-refractivity contribution in [3.05, 3.63) is 34.9 Å². The number of nitrogens with zero attached hydrogens (tertiary/aromatic N) is 1. The van der Waals surface area contributed by atoms with E-state index in [1.165, 1.54) is 16.1 Å². The van der Waals surface area contributed by atoms with Crippen molar-refractivity contribution in [3.8, 4) is 0 Å². The highest BCUT2D eigenvalue weighted by atomic mass is 32.2. The third-order valence-corrected chi connectivity index (χ3v) is 4.70. The predicted octanol–water partition coefficient (Wildman–Crippen LogP) is 1.45. The largest absolute Gasteiger partial charge is 0.388 e. The van der Waals surface area contributed by atoms with E-state index in [2.05, 4.69) is 0 Å². The van der Waals surface area contributed by atoms with Gasteiger partial charge < -0.3 is 5.11 Å². The molecular weight excluding hydrogens is 250 g/mol. The molecule has 0 bridgehead atoms. The summed E-state index contributed by atoms with van der Waals surface area (Å²) in [5, 5.41) is 9.82. The number of aliphatic hydroxyl groups excluding tert-OH is 1. The van der Waals surface area contributed by atoms with Gasteiger partial charge in [-0.25, -0.2) is 8.42 Å². The minimum absolute atomic E-state index is 0.415. The molecule has 1 aromatic rings. The summed E-state index contributed by atoms with van der Waals surface area (Å²) < 4.78 is 24.6. The van der Waals surface area contributed by atoms with Crippen LogP contribution in [0, 0.1) is 0 Å². The fourth-order valence-corrected chi connectivity index (χ4v) is 3.07. The normalized spacial score (nSPS) is 18.4. The Morgan fingerprint density at radius 2 is 2.11 bits per heavy atom. The number of benzene rings is 1. The van der Waals surface area contributed by atoms with Crippen LogP contribution in [0.3, 0.4) is 0 Å². The van der Waals surface area contributed by atoms with Gasteiger partial charge in [0.2, 0.25) is 10.0 Å². The first-order valence-electron chi connectivity index (χ1n) is 6.16. The van der Waals surface area contributed by atoms with Crippen molar-refractivity contribution in [2.45, 2.75) is 32.4 Å². The van der Waals surface area contributed by atoms with Gasteiger partial charge in [-0.3, -0.25) is 0 Å². The molecule has 0 fully saturated rings. The van der Waals surface area contributed by atoms with E-state index in [1.807, 2.05) is 25.1 Å². The van der Waals surface area contributed by atoms with Crippen molar-refractivity contribution in [3.63, 3.8) is 0 Å². The van der Waals surface area contributed by atoms with Crippen molar-refractivity contribution >= 4 is 10.0 Å². The number of rotatable bonds is 3. The highest BCUT2D eigenvalue weighted by molar-refractivity contribution is 7.88. The van der Waals surface area contributed by atoms with Gasteiger partial charge in [-0.1, -0.05) is 25.1 Å². The van der Waals surface area contributed by atoms with Gasteiger partial charge in [0.15, 0.2) is 0 Å². The van der Waals surface area contributed by atoms with Gasteiger partial charge in [0.1, 0.15) is 0 Å². The molecule has 2 rings (SSSR count). The van der Waals surface area contributed by atoms with E-state index in [0.29, 0.717) is 19.5 Å². The third-order valence-electron chi connectivity index (χ3n) is 3.45. The topological polar surface area (TPSA) is 57.6 Å². The Kier molecular flexibility index (Phi) is 3.75. The zero-order valence-corrected chi connectivity index (χ0v) is 11.6. The molecule has 1 aromatic carbocycles.